The third-order valence-corrected chi connectivity index (χ3v) is 9.11. The standard InChI is InChI=1S/C23H25ClN5O6P/c24-20-4-2-1-3-18(20)23-19-15-17(29(30)31)5-6-21(19)26-22(16-25-23)35-36(32,27-7-11-33-12-8-27)28-9-13-34-14-10-28/h1-6,15H,7-14,16H2. The zero-order chi connectivity index (χ0) is 25.1. The van der Waals surface area contributed by atoms with E-state index in [-0.39, 0.29) is 18.1 Å². The first-order valence-electron chi connectivity index (χ1n) is 11.6. The molecule has 3 heterocycles. The number of nitro benzene ring substituents is 1. The molecule has 2 saturated heterocycles. The topological polar surface area (TPSA) is 119 Å². The summed E-state index contributed by atoms with van der Waals surface area (Å²) in [5.41, 5.74) is 1.84. The van der Waals surface area contributed by atoms with Gasteiger partial charge >= 0.3 is 7.67 Å². The number of morpholine rings is 2. The lowest BCUT2D eigenvalue weighted by Crippen LogP contribution is -2.44. The van der Waals surface area contributed by atoms with Crippen LogP contribution < -0.4 is 0 Å². The van der Waals surface area contributed by atoms with Crippen LogP contribution in [0.25, 0.3) is 0 Å². The van der Waals surface area contributed by atoms with Crippen LogP contribution in [-0.2, 0) is 18.6 Å². The van der Waals surface area contributed by atoms with Crippen LogP contribution in [0.2, 0.25) is 5.02 Å². The van der Waals surface area contributed by atoms with Crippen LogP contribution in [0.3, 0.4) is 0 Å². The molecule has 11 nitrogen and oxygen atoms in total. The van der Waals surface area contributed by atoms with E-state index in [1.165, 1.54) is 12.1 Å². The Labute approximate surface area is 213 Å². The molecule has 2 aromatic rings. The van der Waals surface area contributed by atoms with Gasteiger partial charge in [-0.15, -0.1) is 0 Å². The van der Waals surface area contributed by atoms with Crippen molar-refractivity contribution in [2.24, 2.45) is 9.98 Å². The highest BCUT2D eigenvalue weighted by molar-refractivity contribution is 7.54. The van der Waals surface area contributed by atoms with Crippen molar-refractivity contribution in [1.29, 1.82) is 0 Å². The van der Waals surface area contributed by atoms with Gasteiger partial charge in [0, 0.05) is 54.5 Å². The number of ether oxygens (including phenoxy) is 2. The molecule has 0 bridgehead atoms. The van der Waals surface area contributed by atoms with Crippen LogP contribution in [0.5, 0.6) is 0 Å². The van der Waals surface area contributed by atoms with Gasteiger partial charge in [-0.2, -0.15) is 0 Å². The number of nitrogens with zero attached hydrogens (tertiary/aromatic N) is 5. The van der Waals surface area contributed by atoms with Crippen LogP contribution in [0.15, 0.2) is 52.4 Å². The molecule has 13 heteroatoms. The van der Waals surface area contributed by atoms with E-state index in [0.717, 1.165) is 0 Å². The Morgan fingerprint density at radius 2 is 1.61 bits per heavy atom. The first-order valence-corrected chi connectivity index (χ1v) is 13.5. The summed E-state index contributed by atoms with van der Waals surface area (Å²) in [6.45, 7) is 3.62. The first-order chi connectivity index (χ1) is 17.5. The number of fused-ring (bicyclic) bond motifs is 1. The molecular formula is C23H25ClN5O6P. The summed E-state index contributed by atoms with van der Waals surface area (Å²) >= 11 is 6.46. The Morgan fingerprint density at radius 1 is 0.972 bits per heavy atom. The summed E-state index contributed by atoms with van der Waals surface area (Å²) < 4.78 is 35.2. The highest BCUT2D eigenvalue weighted by Crippen LogP contribution is 2.55. The Hall–Kier alpha value is -2.66. The minimum Gasteiger partial charge on any atom is -0.405 e. The van der Waals surface area contributed by atoms with Crippen LogP contribution in [-0.4, -0.2) is 85.0 Å². The SMILES string of the molecule is O=[N+]([O-])c1ccc2c(c1)C(c1ccccc1Cl)=NCC(OP(=O)(N1CCOCC1)N1CCOCC1)=N2. The number of hydrogen-bond donors (Lipinski definition) is 0. The van der Waals surface area contributed by atoms with Crippen LogP contribution in [0.4, 0.5) is 11.4 Å². The number of benzene rings is 2. The van der Waals surface area contributed by atoms with E-state index in [0.29, 0.717) is 80.2 Å². The summed E-state index contributed by atoms with van der Waals surface area (Å²) in [6.07, 6.45) is 0. The fourth-order valence-electron chi connectivity index (χ4n) is 4.30. The molecule has 2 aromatic carbocycles. The maximum atomic E-state index is 14.4. The predicted molar refractivity (Wildman–Crippen MR) is 136 cm³/mol. The zero-order valence-corrected chi connectivity index (χ0v) is 21.1. The minimum atomic E-state index is -3.52. The molecule has 0 saturated carbocycles. The predicted octanol–water partition coefficient (Wildman–Crippen LogP) is 3.92. The fourth-order valence-corrected chi connectivity index (χ4v) is 6.83. The quantitative estimate of drug-likeness (QED) is 0.322. The second-order valence-electron chi connectivity index (χ2n) is 8.32. The molecule has 36 heavy (non-hydrogen) atoms. The molecule has 0 spiro atoms. The molecule has 5 rings (SSSR count). The summed E-state index contributed by atoms with van der Waals surface area (Å²) in [5.74, 6) is 0.161. The molecule has 0 atom stereocenters. The first kappa shape index (κ1) is 25.0. The molecule has 190 valence electrons. The van der Waals surface area contributed by atoms with Gasteiger partial charge in [0.2, 0.25) is 5.90 Å². The van der Waals surface area contributed by atoms with Gasteiger partial charge in [-0.05, 0) is 12.1 Å². The number of non-ortho nitro benzene ring substituents is 1. The van der Waals surface area contributed by atoms with Crippen LogP contribution in [0, 0.1) is 10.1 Å². The summed E-state index contributed by atoms with van der Waals surface area (Å²) in [4.78, 5) is 20.4. The highest BCUT2D eigenvalue weighted by Gasteiger charge is 2.43. The van der Waals surface area contributed by atoms with E-state index in [1.54, 1.807) is 24.3 Å². The summed E-state index contributed by atoms with van der Waals surface area (Å²) in [5, 5.41) is 11.9. The van der Waals surface area contributed by atoms with Crippen molar-refractivity contribution >= 4 is 42.3 Å². The van der Waals surface area contributed by atoms with Gasteiger partial charge in [0.15, 0.2) is 0 Å². The lowest BCUT2D eigenvalue weighted by Gasteiger charge is -2.40. The maximum absolute atomic E-state index is 14.4. The Morgan fingerprint density at radius 3 is 2.22 bits per heavy atom. The van der Waals surface area contributed by atoms with Crippen molar-refractivity contribution in [3.63, 3.8) is 0 Å². The second kappa shape index (κ2) is 10.8. The number of nitro groups is 1. The smallest absolute Gasteiger partial charge is 0.397 e. The Balaban J connectivity index is 1.56. The largest absolute Gasteiger partial charge is 0.405 e. The van der Waals surface area contributed by atoms with E-state index in [9.17, 15) is 14.7 Å². The molecule has 3 aliphatic heterocycles. The summed E-state index contributed by atoms with van der Waals surface area (Å²) in [7, 11) is -3.52. The monoisotopic (exact) mass is 533 g/mol. The number of hydrogen-bond acceptors (Lipinski definition) is 8. The number of rotatable bonds is 5. The van der Waals surface area contributed by atoms with Gasteiger partial charge < -0.3 is 14.0 Å². The molecule has 0 N–H and O–H groups in total. The lowest BCUT2D eigenvalue weighted by atomic mass is 10.00. The lowest BCUT2D eigenvalue weighted by molar-refractivity contribution is -0.384. The van der Waals surface area contributed by atoms with E-state index >= 15 is 0 Å². The van der Waals surface area contributed by atoms with Crippen molar-refractivity contribution in [2.75, 3.05) is 59.2 Å². The van der Waals surface area contributed by atoms with E-state index in [2.05, 4.69) is 4.99 Å². The molecule has 2 fully saturated rings. The molecule has 3 aliphatic rings. The number of aliphatic imine (C=N–C) groups is 2. The van der Waals surface area contributed by atoms with Gasteiger partial charge in [-0.25, -0.2) is 18.9 Å². The van der Waals surface area contributed by atoms with E-state index < -0.39 is 12.6 Å². The normalized spacial score (nSPS) is 19.6. The van der Waals surface area contributed by atoms with Gasteiger partial charge in [0.1, 0.15) is 6.54 Å². The average Bonchev–Trinajstić information content (AvgIpc) is 3.08. The van der Waals surface area contributed by atoms with Crippen molar-refractivity contribution in [2.45, 2.75) is 0 Å². The third kappa shape index (κ3) is 5.08. The molecule has 0 aromatic heterocycles. The van der Waals surface area contributed by atoms with Crippen LogP contribution >= 0.6 is 19.3 Å². The molecular weight excluding hydrogens is 509 g/mol. The van der Waals surface area contributed by atoms with E-state index in [1.807, 2.05) is 15.4 Å². The molecule has 0 amide bonds. The van der Waals surface area contributed by atoms with Crippen molar-refractivity contribution in [3.05, 3.63) is 68.7 Å². The zero-order valence-electron chi connectivity index (χ0n) is 19.4. The molecule has 0 unspecified atom stereocenters. The Kier molecular flexibility index (Phi) is 7.47. The van der Waals surface area contributed by atoms with Gasteiger partial charge in [0.25, 0.3) is 5.69 Å². The van der Waals surface area contributed by atoms with Gasteiger partial charge in [0.05, 0.1) is 42.7 Å². The molecule has 0 radical (unpaired) electrons. The second-order valence-corrected chi connectivity index (χ2v) is 11.0. The van der Waals surface area contributed by atoms with Crippen molar-refractivity contribution in [1.82, 2.24) is 9.34 Å². The Bertz CT molecular complexity index is 1240. The fraction of sp³-hybridized carbons (Fsp3) is 0.391. The average molecular weight is 534 g/mol. The third-order valence-electron chi connectivity index (χ3n) is 6.11. The van der Waals surface area contributed by atoms with Crippen molar-refractivity contribution < 1.29 is 23.5 Å². The van der Waals surface area contributed by atoms with Gasteiger partial charge in [-0.1, -0.05) is 29.8 Å². The van der Waals surface area contributed by atoms with Crippen LogP contribution in [0.1, 0.15) is 11.1 Å². The van der Waals surface area contributed by atoms with Crippen molar-refractivity contribution in [3.8, 4) is 0 Å². The van der Waals surface area contributed by atoms with Gasteiger partial charge in [-0.3, -0.25) is 15.1 Å². The number of halogens is 1. The highest BCUT2D eigenvalue weighted by atomic mass is 35.5. The maximum Gasteiger partial charge on any atom is 0.397 e. The minimum absolute atomic E-state index is 0.0122. The molecule has 0 aliphatic carbocycles. The summed E-state index contributed by atoms with van der Waals surface area (Å²) in [6, 6.07) is 11.5. The van der Waals surface area contributed by atoms with E-state index in [4.69, 9.17) is 30.6 Å².